The zero-order valence-electron chi connectivity index (χ0n) is 8.15. The van der Waals surface area contributed by atoms with Gasteiger partial charge >= 0.3 is 12.1 Å². The number of fused-ring (bicyclic) bond motifs is 1. The molecule has 3 aliphatic rings. The van der Waals surface area contributed by atoms with Crippen LogP contribution in [0.4, 0.5) is 9.59 Å². The molecule has 4 amide bonds. The fraction of sp³-hybridized carbons (Fsp3) is 0.375. The minimum absolute atomic E-state index is 0.0310. The molecule has 2 saturated heterocycles. The van der Waals surface area contributed by atoms with Crippen LogP contribution in [0.1, 0.15) is 0 Å². The van der Waals surface area contributed by atoms with Crippen LogP contribution in [0.2, 0.25) is 0 Å². The minimum atomic E-state index is -0.631. The second-order valence-corrected chi connectivity index (χ2v) is 3.91. The van der Waals surface area contributed by atoms with E-state index in [1.807, 2.05) is 6.08 Å². The first-order valence-corrected chi connectivity index (χ1v) is 4.81. The zero-order chi connectivity index (χ0) is 11.4. The lowest BCUT2D eigenvalue weighted by atomic mass is 9.91. The summed E-state index contributed by atoms with van der Waals surface area (Å²) in [5.74, 6) is 0.707. The van der Waals surface area contributed by atoms with Crippen molar-refractivity contribution in [3.05, 3.63) is 11.9 Å². The van der Waals surface area contributed by atoms with Crippen LogP contribution in [-0.2, 0) is 0 Å². The summed E-state index contributed by atoms with van der Waals surface area (Å²) in [5, 5.41) is 15.0. The SMILES string of the molecule is N=C1NC(=O)NC(C2C=C3NC(=O)N32)C1N. The van der Waals surface area contributed by atoms with Crippen molar-refractivity contribution in [1.29, 1.82) is 5.41 Å². The lowest BCUT2D eigenvalue weighted by Crippen LogP contribution is -2.76. The molecule has 0 saturated carbocycles. The second-order valence-electron chi connectivity index (χ2n) is 3.91. The molecule has 3 unspecified atom stereocenters. The molecule has 16 heavy (non-hydrogen) atoms. The molecule has 0 aromatic carbocycles. The van der Waals surface area contributed by atoms with E-state index < -0.39 is 18.1 Å². The molecule has 8 heteroatoms. The highest BCUT2D eigenvalue weighted by Gasteiger charge is 2.50. The van der Waals surface area contributed by atoms with Crippen LogP contribution in [0.3, 0.4) is 0 Å². The van der Waals surface area contributed by atoms with Crippen molar-refractivity contribution in [2.75, 3.05) is 0 Å². The maximum Gasteiger partial charge on any atom is 0.329 e. The Kier molecular flexibility index (Phi) is 1.56. The van der Waals surface area contributed by atoms with Gasteiger partial charge in [0.1, 0.15) is 11.7 Å². The molecule has 6 N–H and O–H groups in total. The molecular weight excluding hydrogens is 212 g/mol. The smallest absolute Gasteiger partial charge is 0.329 e. The van der Waals surface area contributed by atoms with Gasteiger partial charge in [-0.1, -0.05) is 0 Å². The van der Waals surface area contributed by atoms with Crippen LogP contribution in [0.15, 0.2) is 11.9 Å². The quantitative estimate of drug-likeness (QED) is 0.360. The van der Waals surface area contributed by atoms with E-state index in [1.165, 1.54) is 4.90 Å². The average molecular weight is 222 g/mol. The molecule has 0 aromatic heterocycles. The molecule has 3 heterocycles. The van der Waals surface area contributed by atoms with Crippen LogP contribution in [0, 0.1) is 5.41 Å². The van der Waals surface area contributed by atoms with Crippen molar-refractivity contribution in [1.82, 2.24) is 20.9 Å². The van der Waals surface area contributed by atoms with Gasteiger partial charge in [0.25, 0.3) is 0 Å². The van der Waals surface area contributed by atoms with Crippen molar-refractivity contribution in [3.8, 4) is 0 Å². The van der Waals surface area contributed by atoms with Crippen LogP contribution < -0.4 is 21.7 Å². The molecule has 3 rings (SSSR count). The highest BCUT2D eigenvalue weighted by Crippen LogP contribution is 2.31. The summed E-state index contributed by atoms with van der Waals surface area (Å²) in [7, 11) is 0. The average Bonchev–Trinajstić information content (AvgIpc) is 2.18. The maximum absolute atomic E-state index is 11.2. The Hall–Kier alpha value is -2.09. The Labute approximate surface area is 90.3 Å². The summed E-state index contributed by atoms with van der Waals surface area (Å²) in [6.45, 7) is 0. The van der Waals surface area contributed by atoms with E-state index in [-0.39, 0.29) is 17.9 Å². The molecule has 0 radical (unpaired) electrons. The fourth-order valence-electron chi connectivity index (χ4n) is 2.08. The monoisotopic (exact) mass is 222 g/mol. The Morgan fingerprint density at radius 2 is 2.12 bits per heavy atom. The first-order chi connectivity index (χ1) is 7.58. The van der Waals surface area contributed by atoms with Crippen LogP contribution in [0.25, 0.3) is 0 Å². The van der Waals surface area contributed by atoms with Gasteiger partial charge in [0.05, 0.1) is 18.1 Å². The molecule has 2 fully saturated rings. The lowest BCUT2D eigenvalue weighted by Gasteiger charge is -2.51. The molecule has 3 aliphatic heterocycles. The van der Waals surface area contributed by atoms with Gasteiger partial charge in [-0.05, 0) is 6.08 Å². The first-order valence-electron chi connectivity index (χ1n) is 4.81. The fourth-order valence-corrected chi connectivity index (χ4v) is 2.08. The van der Waals surface area contributed by atoms with Crippen LogP contribution in [-0.4, -0.2) is 40.9 Å². The number of nitrogens with one attached hydrogen (secondary N) is 4. The van der Waals surface area contributed by atoms with E-state index >= 15 is 0 Å². The van der Waals surface area contributed by atoms with Gasteiger partial charge in [-0.25, -0.2) is 9.59 Å². The van der Waals surface area contributed by atoms with Crippen molar-refractivity contribution >= 4 is 17.9 Å². The van der Waals surface area contributed by atoms with Crippen molar-refractivity contribution in [2.24, 2.45) is 5.73 Å². The predicted molar refractivity (Wildman–Crippen MR) is 53.4 cm³/mol. The first kappa shape index (κ1) is 9.16. The second kappa shape index (κ2) is 2.73. The van der Waals surface area contributed by atoms with Gasteiger partial charge in [0.15, 0.2) is 0 Å². The summed E-state index contributed by atoms with van der Waals surface area (Å²) in [6.07, 6.45) is 1.81. The molecule has 3 atom stereocenters. The number of hydrogen-bond acceptors (Lipinski definition) is 4. The van der Waals surface area contributed by atoms with Gasteiger partial charge < -0.3 is 11.1 Å². The zero-order valence-corrected chi connectivity index (χ0v) is 8.15. The molecule has 0 spiro atoms. The Morgan fingerprint density at radius 3 is 2.75 bits per heavy atom. The number of carbonyl (C=O) groups excluding carboxylic acids is 2. The number of hydrogen-bond donors (Lipinski definition) is 5. The molecule has 0 aliphatic carbocycles. The predicted octanol–water partition coefficient (Wildman–Crippen LogP) is -1.78. The van der Waals surface area contributed by atoms with Gasteiger partial charge in [0.2, 0.25) is 0 Å². The molecule has 0 aromatic rings. The molecule has 0 bridgehead atoms. The van der Waals surface area contributed by atoms with Crippen LogP contribution >= 0.6 is 0 Å². The number of nitrogens with two attached hydrogens (primary N) is 1. The highest BCUT2D eigenvalue weighted by atomic mass is 16.2. The molecular formula is C8H10N6O2. The van der Waals surface area contributed by atoms with E-state index in [2.05, 4.69) is 16.0 Å². The van der Waals surface area contributed by atoms with E-state index in [0.29, 0.717) is 0 Å². The largest absolute Gasteiger partial charge is 0.331 e. The number of rotatable bonds is 1. The lowest BCUT2D eigenvalue weighted by molar-refractivity contribution is 0.132. The highest BCUT2D eigenvalue weighted by molar-refractivity contribution is 6.02. The van der Waals surface area contributed by atoms with Crippen molar-refractivity contribution < 1.29 is 9.59 Å². The summed E-state index contributed by atoms with van der Waals surface area (Å²) < 4.78 is 0. The number of amidine groups is 1. The minimum Gasteiger partial charge on any atom is -0.331 e. The number of amides is 4. The number of urea groups is 2. The topological polar surface area (TPSA) is 123 Å². The Balaban J connectivity index is 1.82. The van der Waals surface area contributed by atoms with E-state index in [1.54, 1.807) is 0 Å². The van der Waals surface area contributed by atoms with E-state index in [4.69, 9.17) is 11.1 Å². The molecule has 84 valence electrons. The third-order valence-corrected chi connectivity index (χ3v) is 2.97. The summed E-state index contributed by atoms with van der Waals surface area (Å²) >= 11 is 0. The molecule has 8 nitrogen and oxygen atoms in total. The van der Waals surface area contributed by atoms with Gasteiger partial charge in [-0.2, -0.15) is 0 Å². The summed E-state index contributed by atoms with van der Waals surface area (Å²) in [5.41, 5.74) is 5.78. The summed E-state index contributed by atoms with van der Waals surface area (Å²) in [4.78, 5) is 23.9. The third kappa shape index (κ3) is 0.986. The Bertz CT molecular complexity index is 444. The normalized spacial score (nSPS) is 36.1. The standard InChI is InChI=1S/C8H10N6O2/c9-4-5(12-7(15)13-6(4)10)2-1-3-11-8(16)14(2)3/h1-2,4-5H,9H2,(H,11,16)(H3,10,12,13,15). The maximum atomic E-state index is 11.2. The van der Waals surface area contributed by atoms with E-state index in [9.17, 15) is 9.59 Å². The third-order valence-electron chi connectivity index (χ3n) is 2.97. The van der Waals surface area contributed by atoms with Crippen molar-refractivity contribution in [3.63, 3.8) is 0 Å². The number of carbonyl (C=O) groups is 2. The van der Waals surface area contributed by atoms with E-state index in [0.717, 1.165) is 5.82 Å². The van der Waals surface area contributed by atoms with Crippen molar-refractivity contribution in [2.45, 2.75) is 18.1 Å². The van der Waals surface area contributed by atoms with Gasteiger partial charge in [-0.15, -0.1) is 0 Å². The summed E-state index contributed by atoms with van der Waals surface area (Å²) in [6, 6.07) is -2.00. The number of nitrogens with zero attached hydrogens (tertiary/aromatic N) is 1. The van der Waals surface area contributed by atoms with Crippen LogP contribution in [0.5, 0.6) is 0 Å². The van der Waals surface area contributed by atoms with Gasteiger partial charge in [0, 0.05) is 0 Å². The van der Waals surface area contributed by atoms with Gasteiger partial charge in [-0.3, -0.25) is 20.9 Å². The Morgan fingerprint density at radius 1 is 1.38 bits per heavy atom.